The number of rotatable bonds is 28. The summed E-state index contributed by atoms with van der Waals surface area (Å²) < 4.78 is 23.5. The van der Waals surface area contributed by atoms with Gasteiger partial charge in [0.2, 0.25) is 0 Å². The van der Waals surface area contributed by atoms with E-state index in [-0.39, 0.29) is 6.04 Å². The van der Waals surface area contributed by atoms with E-state index in [0.717, 1.165) is 79.9 Å². The van der Waals surface area contributed by atoms with Crippen molar-refractivity contribution in [2.45, 2.75) is 149 Å². The Hall–Kier alpha value is -3.27. The average Bonchev–Trinajstić information content (AvgIpc) is 3.07. The number of hydrogen-bond acceptors (Lipinski definition) is 7. The van der Waals surface area contributed by atoms with E-state index >= 15 is 0 Å². The Morgan fingerprint density at radius 1 is 0.604 bits per heavy atom. The molecule has 2 atom stereocenters. The molecule has 0 radical (unpaired) electrons. The number of ether oxygens (including phenoxy) is 4. The van der Waals surface area contributed by atoms with E-state index in [9.17, 15) is 5.26 Å². The number of azo groups is 1. The number of unbranched alkanes of at least 4 members (excludes halogenated alkanes) is 9. The molecule has 0 aromatic heterocycles. The molecule has 7 nitrogen and oxygen atoms in total. The maximum absolute atomic E-state index is 10.9. The Balaban J connectivity index is 2.15. The Morgan fingerprint density at radius 3 is 1.52 bits per heavy atom. The summed E-state index contributed by atoms with van der Waals surface area (Å²) in [6.07, 6.45) is 17.8. The van der Waals surface area contributed by atoms with E-state index in [0.29, 0.717) is 26.4 Å². The van der Waals surface area contributed by atoms with Crippen LogP contribution in [0.15, 0.2) is 46.6 Å². The highest BCUT2D eigenvalue weighted by Gasteiger charge is 2.33. The Morgan fingerprint density at radius 2 is 1.06 bits per heavy atom. The Bertz CT molecular complexity index is 1160. The van der Waals surface area contributed by atoms with Crippen LogP contribution >= 0.6 is 0 Å². The lowest BCUT2D eigenvalue weighted by Crippen LogP contribution is -2.25. The van der Waals surface area contributed by atoms with Gasteiger partial charge in [-0.3, -0.25) is 0 Å². The SMILES string of the molecule is CCCCCCCCCCCCC(C#N)(CCCC(CCc1cc(OCC)cc(OCC)c1)N=NC)c1cc(OCC)cc(OCC)c1. The quantitative estimate of drug-likeness (QED) is 0.0668. The summed E-state index contributed by atoms with van der Waals surface area (Å²) in [7, 11) is 1.75. The minimum Gasteiger partial charge on any atom is -0.494 e. The first kappa shape index (κ1) is 40.9. The second kappa shape index (κ2) is 24.8. The fraction of sp³-hybridized carbons (Fsp3) is 0.683. The monoisotopic (exact) mass is 663 g/mol. The highest BCUT2D eigenvalue weighted by atomic mass is 16.5. The van der Waals surface area contributed by atoms with Gasteiger partial charge in [-0.05, 0) is 102 Å². The molecule has 48 heavy (non-hydrogen) atoms. The molecule has 0 aliphatic heterocycles. The average molecular weight is 664 g/mol. The maximum Gasteiger partial charge on any atom is 0.123 e. The van der Waals surface area contributed by atoms with Gasteiger partial charge >= 0.3 is 0 Å². The normalized spacial score (nSPS) is 13.2. The zero-order chi connectivity index (χ0) is 34.9. The molecule has 0 N–H and O–H groups in total. The summed E-state index contributed by atoms with van der Waals surface area (Å²) in [6.45, 7) is 12.6. The third-order valence-electron chi connectivity index (χ3n) is 8.97. The van der Waals surface area contributed by atoms with E-state index in [1.807, 2.05) is 39.8 Å². The van der Waals surface area contributed by atoms with E-state index in [4.69, 9.17) is 18.9 Å². The molecule has 0 saturated carbocycles. The van der Waals surface area contributed by atoms with Gasteiger partial charge in [-0.1, -0.05) is 71.1 Å². The van der Waals surface area contributed by atoms with Crippen molar-refractivity contribution in [3.05, 3.63) is 47.5 Å². The standard InChI is InChI=1S/C41H65N3O4/c1-7-12-13-14-15-16-17-18-19-20-25-41(33-42,35-29-39(47-10-4)32-40(30-35)48-11-5)26-21-22-36(44-43-6)24-23-34-27-37(45-8-2)31-38(28-34)46-9-3/h27-32,36H,7-26H2,1-6H3. The Kier molecular flexibility index (Phi) is 21.1. The molecule has 0 aliphatic rings. The second-order valence-electron chi connectivity index (χ2n) is 12.8. The van der Waals surface area contributed by atoms with Crippen LogP contribution in [-0.2, 0) is 11.8 Å². The second-order valence-corrected chi connectivity index (χ2v) is 12.8. The zero-order valence-corrected chi connectivity index (χ0v) is 31.2. The molecule has 0 fully saturated rings. The van der Waals surface area contributed by atoms with Gasteiger partial charge < -0.3 is 18.9 Å². The molecule has 0 heterocycles. The molecule has 0 saturated heterocycles. The van der Waals surface area contributed by atoms with Crippen LogP contribution in [0, 0.1) is 11.3 Å². The van der Waals surface area contributed by atoms with Crippen LogP contribution in [0.25, 0.3) is 0 Å². The minimum absolute atomic E-state index is 0.0729. The van der Waals surface area contributed by atoms with Crippen LogP contribution < -0.4 is 18.9 Å². The van der Waals surface area contributed by atoms with Gasteiger partial charge in [0.25, 0.3) is 0 Å². The topological polar surface area (TPSA) is 85.4 Å². The molecule has 2 rings (SSSR count). The summed E-state index contributed by atoms with van der Waals surface area (Å²) in [5.41, 5.74) is 1.55. The highest BCUT2D eigenvalue weighted by molar-refractivity contribution is 5.45. The summed E-state index contributed by atoms with van der Waals surface area (Å²) in [6, 6.07) is 15.1. The first-order chi connectivity index (χ1) is 23.5. The first-order valence-electron chi connectivity index (χ1n) is 19.0. The van der Waals surface area contributed by atoms with Crippen LogP contribution in [0.5, 0.6) is 23.0 Å². The van der Waals surface area contributed by atoms with E-state index in [1.54, 1.807) is 7.05 Å². The van der Waals surface area contributed by atoms with Crippen molar-refractivity contribution in [3.8, 4) is 29.1 Å². The van der Waals surface area contributed by atoms with Crippen LogP contribution in [-0.4, -0.2) is 39.5 Å². The van der Waals surface area contributed by atoms with Crippen molar-refractivity contribution in [2.24, 2.45) is 10.2 Å². The molecule has 268 valence electrons. The molecule has 0 spiro atoms. The summed E-state index contributed by atoms with van der Waals surface area (Å²) in [5.74, 6) is 3.19. The van der Waals surface area contributed by atoms with Gasteiger partial charge in [0.1, 0.15) is 23.0 Å². The van der Waals surface area contributed by atoms with Crippen molar-refractivity contribution in [1.29, 1.82) is 5.26 Å². The van der Waals surface area contributed by atoms with E-state index in [1.165, 1.54) is 56.9 Å². The number of nitriles is 1. The first-order valence-corrected chi connectivity index (χ1v) is 19.0. The van der Waals surface area contributed by atoms with Gasteiger partial charge in [0, 0.05) is 19.2 Å². The Labute approximate surface area is 292 Å². The third kappa shape index (κ3) is 15.3. The van der Waals surface area contributed by atoms with Crippen molar-refractivity contribution in [2.75, 3.05) is 33.5 Å². The largest absolute Gasteiger partial charge is 0.494 e. The highest BCUT2D eigenvalue weighted by Crippen LogP contribution is 2.39. The molecule has 0 aliphatic carbocycles. The predicted molar refractivity (Wildman–Crippen MR) is 198 cm³/mol. The molecule has 2 unspecified atom stereocenters. The summed E-state index contributed by atoms with van der Waals surface area (Å²) in [5, 5.41) is 19.7. The van der Waals surface area contributed by atoms with Crippen molar-refractivity contribution >= 4 is 0 Å². The smallest absolute Gasteiger partial charge is 0.123 e. The van der Waals surface area contributed by atoms with Gasteiger partial charge in [0.05, 0.1) is 44.0 Å². The minimum atomic E-state index is -0.620. The lowest BCUT2D eigenvalue weighted by atomic mass is 9.73. The van der Waals surface area contributed by atoms with Gasteiger partial charge in [-0.25, -0.2) is 0 Å². The van der Waals surface area contributed by atoms with E-state index in [2.05, 4.69) is 47.5 Å². The summed E-state index contributed by atoms with van der Waals surface area (Å²) >= 11 is 0. The van der Waals surface area contributed by atoms with Crippen molar-refractivity contribution in [3.63, 3.8) is 0 Å². The molecule has 2 aromatic rings. The van der Waals surface area contributed by atoms with Crippen LogP contribution in [0.1, 0.15) is 142 Å². The third-order valence-corrected chi connectivity index (χ3v) is 8.97. The molecule has 2 aromatic carbocycles. The van der Waals surface area contributed by atoms with E-state index < -0.39 is 5.41 Å². The lowest BCUT2D eigenvalue weighted by Gasteiger charge is -2.29. The van der Waals surface area contributed by atoms with Gasteiger partial charge in [-0.2, -0.15) is 15.5 Å². The number of nitrogens with zero attached hydrogens (tertiary/aromatic N) is 3. The fourth-order valence-electron chi connectivity index (χ4n) is 6.52. The van der Waals surface area contributed by atoms with Crippen molar-refractivity contribution in [1.82, 2.24) is 0 Å². The number of benzene rings is 2. The van der Waals surface area contributed by atoms with Crippen molar-refractivity contribution < 1.29 is 18.9 Å². The molecule has 7 heteroatoms. The van der Waals surface area contributed by atoms with Crippen LogP contribution in [0.3, 0.4) is 0 Å². The lowest BCUT2D eigenvalue weighted by molar-refractivity contribution is 0.319. The molecular weight excluding hydrogens is 598 g/mol. The number of hydrogen-bond donors (Lipinski definition) is 0. The van der Waals surface area contributed by atoms with Gasteiger partial charge in [0.15, 0.2) is 0 Å². The maximum atomic E-state index is 10.9. The molecular formula is C41H65N3O4. The predicted octanol–water partition coefficient (Wildman–Crippen LogP) is 11.6. The van der Waals surface area contributed by atoms with Gasteiger partial charge in [-0.15, -0.1) is 0 Å². The molecule has 0 amide bonds. The zero-order valence-electron chi connectivity index (χ0n) is 31.2. The van der Waals surface area contributed by atoms with Crippen LogP contribution in [0.4, 0.5) is 0 Å². The van der Waals surface area contributed by atoms with Crippen LogP contribution in [0.2, 0.25) is 0 Å². The summed E-state index contributed by atoms with van der Waals surface area (Å²) in [4.78, 5) is 0. The molecule has 0 bridgehead atoms. The number of aryl methyl sites for hydroxylation is 1. The fourth-order valence-corrected chi connectivity index (χ4v) is 6.52.